The number of hydrogen-bond acceptors (Lipinski definition) is 3. The fourth-order valence-corrected chi connectivity index (χ4v) is 2.69. The highest BCUT2D eigenvalue weighted by Crippen LogP contribution is 2.30. The van der Waals surface area contributed by atoms with Crippen LogP contribution in [0, 0.1) is 0 Å². The molecule has 1 aromatic rings. The zero-order valence-corrected chi connectivity index (χ0v) is 11.6. The van der Waals surface area contributed by atoms with Crippen LogP contribution in [0.15, 0.2) is 21.2 Å². The largest absolute Gasteiger partial charge is 0.444 e. The van der Waals surface area contributed by atoms with Crippen LogP contribution in [-0.2, 0) is 0 Å². The SMILES string of the molecule is NC(=S)C1(NC(=O)c2ccc(Br)o2)CCCC1. The van der Waals surface area contributed by atoms with E-state index in [9.17, 15) is 4.79 Å². The second-order valence-corrected chi connectivity index (χ2v) is 5.43. The van der Waals surface area contributed by atoms with Crippen LogP contribution in [0.2, 0.25) is 0 Å². The third-order valence-corrected chi connectivity index (χ3v) is 3.90. The highest BCUT2D eigenvalue weighted by molar-refractivity contribution is 9.10. The molecule has 0 radical (unpaired) electrons. The van der Waals surface area contributed by atoms with E-state index in [4.69, 9.17) is 22.4 Å². The number of nitrogens with two attached hydrogens (primary N) is 1. The molecule has 0 aromatic carbocycles. The Kier molecular flexibility index (Phi) is 3.53. The minimum Gasteiger partial charge on any atom is -0.444 e. The van der Waals surface area contributed by atoms with Crippen molar-refractivity contribution in [3.8, 4) is 0 Å². The van der Waals surface area contributed by atoms with Gasteiger partial charge in [-0.05, 0) is 40.9 Å². The van der Waals surface area contributed by atoms with Crippen molar-refractivity contribution < 1.29 is 9.21 Å². The van der Waals surface area contributed by atoms with E-state index in [-0.39, 0.29) is 11.7 Å². The lowest BCUT2D eigenvalue weighted by Gasteiger charge is -2.28. The Morgan fingerprint density at radius 2 is 2.12 bits per heavy atom. The molecular weight excluding hydrogens is 304 g/mol. The lowest BCUT2D eigenvalue weighted by molar-refractivity contribution is 0.0895. The fraction of sp³-hybridized carbons (Fsp3) is 0.455. The van der Waals surface area contributed by atoms with Crippen LogP contribution < -0.4 is 11.1 Å². The molecule has 1 heterocycles. The van der Waals surface area contributed by atoms with Crippen LogP contribution in [0.3, 0.4) is 0 Å². The molecule has 3 N–H and O–H groups in total. The van der Waals surface area contributed by atoms with Crippen molar-refractivity contribution in [1.82, 2.24) is 5.32 Å². The molecule has 4 nitrogen and oxygen atoms in total. The molecule has 17 heavy (non-hydrogen) atoms. The van der Waals surface area contributed by atoms with Gasteiger partial charge in [-0.1, -0.05) is 25.1 Å². The van der Waals surface area contributed by atoms with Crippen molar-refractivity contribution in [2.45, 2.75) is 31.2 Å². The van der Waals surface area contributed by atoms with Gasteiger partial charge in [-0.2, -0.15) is 0 Å². The van der Waals surface area contributed by atoms with E-state index in [1.54, 1.807) is 12.1 Å². The van der Waals surface area contributed by atoms with Crippen LogP contribution >= 0.6 is 28.1 Å². The van der Waals surface area contributed by atoms with E-state index in [2.05, 4.69) is 21.2 Å². The van der Waals surface area contributed by atoms with Crippen molar-refractivity contribution in [3.63, 3.8) is 0 Å². The second-order valence-electron chi connectivity index (χ2n) is 4.21. The monoisotopic (exact) mass is 316 g/mol. The summed E-state index contributed by atoms with van der Waals surface area (Å²) < 4.78 is 5.73. The molecule has 1 aliphatic rings. The molecule has 6 heteroatoms. The van der Waals surface area contributed by atoms with Crippen LogP contribution in [-0.4, -0.2) is 16.4 Å². The molecule has 1 amide bonds. The highest BCUT2D eigenvalue weighted by Gasteiger charge is 2.38. The first kappa shape index (κ1) is 12.6. The normalized spacial score (nSPS) is 17.9. The number of nitrogens with one attached hydrogen (secondary N) is 1. The first-order valence-corrected chi connectivity index (χ1v) is 6.61. The molecule has 1 fully saturated rings. The van der Waals surface area contributed by atoms with Crippen molar-refractivity contribution in [1.29, 1.82) is 0 Å². The summed E-state index contributed by atoms with van der Waals surface area (Å²) in [7, 11) is 0. The maximum Gasteiger partial charge on any atom is 0.287 e. The summed E-state index contributed by atoms with van der Waals surface area (Å²) in [4.78, 5) is 12.3. The first-order valence-electron chi connectivity index (χ1n) is 5.41. The van der Waals surface area contributed by atoms with Gasteiger partial charge in [0.15, 0.2) is 10.4 Å². The van der Waals surface area contributed by atoms with E-state index in [1.807, 2.05) is 0 Å². The smallest absolute Gasteiger partial charge is 0.287 e. The van der Waals surface area contributed by atoms with Crippen molar-refractivity contribution in [3.05, 3.63) is 22.6 Å². The Labute approximate surface area is 113 Å². The van der Waals surface area contributed by atoms with Gasteiger partial charge in [-0.3, -0.25) is 4.79 Å². The first-order chi connectivity index (χ1) is 8.03. The molecule has 1 aliphatic carbocycles. The molecule has 0 bridgehead atoms. The molecule has 92 valence electrons. The molecule has 0 atom stereocenters. The van der Waals surface area contributed by atoms with E-state index in [0.29, 0.717) is 9.66 Å². The van der Waals surface area contributed by atoms with Crippen LogP contribution in [0.25, 0.3) is 0 Å². The Morgan fingerprint density at radius 1 is 1.47 bits per heavy atom. The van der Waals surface area contributed by atoms with Crippen LogP contribution in [0.5, 0.6) is 0 Å². The van der Waals surface area contributed by atoms with E-state index >= 15 is 0 Å². The third-order valence-electron chi connectivity index (χ3n) is 3.08. The van der Waals surface area contributed by atoms with Gasteiger partial charge in [0.05, 0.1) is 10.5 Å². The molecule has 0 aliphatic heterocycles. The number of furan rings is 1. The van der Waals surface area contributed by atoms with Crippen molar-refractivity contribution >= 4 is 39.0 Å². The minimum atomic E-state index is -0.536. The van der Waals surface area contributed by atoms with E-state index < -0.39 is 5.54 Å². The van der Waals surface area contributed by atoms with Gasteiger partial charge in [-0.15, -0.1) is 0 Å². The Hall–Kier alpha value is -0.880. The standard InChI is InChI=1S/C11H13BrN2O2S/c12-8-4-3-7(16-8)9(15)14-11(10(13)17)5-1-2-6-11/h3-4H,1-2,5-6H2,(H2,13,17)(H,14,15). The number of amides is 1. The Balaban J connectivity index is 2.14. The van der Waals surface area contributed by atoms with Crippen molar-refractivity contribution in [2.75, 3.05) is 0 Å². The molecule has 0 spiro atoms. The van der Waals surface area contributed by atoms with Gasteiger partial charge in [0.1, 0.15) is 0 Å². The molecule has 2 rings (SSSR count). The molecule has 1 saturated carbocycles. The van der Waals surface area contributed by atoms with Gasteiger partial charge in [0.25, 0.3) is 5.91 Å². The van der Waals surface area contributed by atoms with Gasteiger partial charge in [0, 0.05) is 0 Å². The molecule has 1 aromatic heterocycles. The predicted molar refractivity (Wildman–Crippen MR) is 71.9 cm³/mol. The zero-order valence-electron chi connectivity index (χ0n) is 9.16. The highest BCUT2D eigenvalue weighted by atomic mass is 79.9. The minimum absolute atomic E-state index is 0.263. The van der Waals surface area contributed by atoms with Crippen molar-refractivity contribution in [2.24, 2.45) is 5.73 Å². The maximum atomic E-state index is 12.0. The van der Waals surface area contributed by atoms with E-state index in [0.717, 1.165) is 25.7 Å². The van der Waals surface area contributed by atoms with Crippen LogP contribution in [0.4, 0.5) is 0 Å². The average Bonchev–Trinajstić information content (AvgIpc) is 2.87. The molecular formula is C11H13BrN2O2S. The predicted octanol–water partition coefficient (Wildman–Crippen LogP) is 2.37. The number of thiocarbonyl (C=S) groups is 1. The topological polar surface area (TPSA) is 68.3 Å². The zero-order chi connectivity index (χ0) is 12.5. The number of rotatable bonds is 3. The maximum absolute atomic E-state index is 12.0. The molecule has 0 unspecified atom stereocenters. The summed E-state index contributed by atoms with van der Waals surface area (Å²) in [6.45, 7) is 0. The van der Waals surface area contributed by atoms with Gasteiger partial charge >= 0.3 is 0 Å². The molecule has 0 saturated heterocycles. The Bertz CT molecular complexity index is 452. The lowest BCUT2D eigenvalue weighted by atomic mass is 9.97. The number of carbonyl (C=O) groups is 1. The van der Waals surface area contributed by atoms with Gasteiger partial charge in [-0.25, -0.2) is 0 Å². The summed E-state index contributed by atoms with van der Waals surface area (Å²) in [5, 5.41) is 2.90. The van der Waals surface area contributed by atoms with Gasteiger partial charge in [0.2, 0.25) is 0 Å². The summed E-state index contributed by atoms with van der Waals surface area (Å²) in [5.41, 5.74) is 5.21. The summed E-state index contributed by atoms with van der Waals surface area (Å²) in [6, 6.07) is 3.29. The third kappa shape index (κ3) is 2.52. The van der Waals surface area contributed by atoms with Crippen LogP contribution in [0.1, 0.15) is 36.2 Å². The second kappa shape index (κ2) is 4.78. The van der Waals surface area contributed by atoms with E-state index in [1.165, 1.54) is 0 Å². The quantitative estimate of drug-likeness (QED) is 0.840. The van der Waals surface area contributed by atoms with Gasteiger partial charge < -0.3 is 15.5 Å². The Morgan fingerprint density at radius 3 is 2.59 bits per heavy atom. The summed E-state index contributed by atoms with van der Waals surface area (Å²) in [6.07, 6.45) is 3.66. The number of carbonyl (C=O) groups excluding carboxylic acids is 1. The lowest BCUT2D eigenvalue weighted by Crippen LogP contribution is -2.54. The summed E-state index contributed by atoms with van der Waals surface area (Å²) >= 11 is 8.22. The number of halogens is 1. The number of hydrogen-bond donors (Lipinski definition) is 2. The summed E-state index contributed by atoms with van der Waals surface area (Å²) in [5.74, 6) is -0.00944. The fourth-order valence-electron chi connectivity index (χ4n) is 2.13. The average molecular weight is 317 g/mol.